The fraction of sp³-hybridized carbons (Fsp3) is 0.692. The Bertz CT molecular complexity index is 330. The van der Waals surface area contributed by atoms with Gasteiger partial charge in [0.25, 0.3) is 0 Å². The number of likely N-dealkylation sites (tertiary alicyclic amines) is 1. The maximum atomic E-state index is 12.3. The predicted octanol–water partition coefficient (Wildman–Crippen LogP) is 1.81. The molecule has 1 unspecified atom stereocenters. The summed E-state index contributed by atoms with van der Waals surface area (Å²) in [6.07, 6.45) is 9.01. The Morgan fingerprint density at radius 2 is 1.82 bits per heavy atom. The van der Waals surface area contributed by atoms with Crippen molar-refractivity contribution in [3.05, 3.63) is 12.2 Å². The van der Waals surface area contributed by atoms with E-state index in [1.807, 2.05) is 12.2 Å². The Labute approximate surface area is 101 Å². The minimum atomic E-state index is -0.855. The van der Waals surface area contributed by atoms with Crippen LogP contribution in [0.15, 0.2) is 12.2 Å². The second kappa shape index (κ2) is 5.34. The van der Waals surface area contributed by atoms with E-state index < -0.39 is 12.0 Å². The summed E-state index contributed by atoms with van der Waals surface area (Å²) >= 11 is 0. The molecule has 0 saturated carbocycles. The van der Waals surface area contributed by atoms with Gasteiger partial charge < -0.3 is 10.0 Å². The number of carboxylic acid groups (broad SMARTS) is 1. The molecule has 17 heavy (non-hydrogen) atoms. The average molecular weight is 237 g/mol. The summed E-state index contributed by atoms with van der Waals surface area (Å²) in [6.45, 7) is 0.603. The van der Waals surface area contributed by atoms with Gasteiger partial charge in [0.1, 0.15) is 6.04 Å². The number of carboxylic acids is 1. The van der Waals surface area contributed by atoms with E-state index in [0.29, 0.717) is 13.0 Å². The zero-order valence-electron chi connectivity index (χ0n) is 9.97. The van der Waals surface area contributed by atoms with Gasteiger partial charge in [-0.15, -0.1) is 0 Å². The first-order valence-corrected chi connectivity index (χ1v) is 6.38. The minimum Gasteiger partial charge on any atom is -0.480 e. The van der Waals surface area contributed by atoms with Crippen LogP contribution in [0, 0.1) is 5.92 Å². The highest BCUT2D eigenvalue weighted by Crippen LogP contribution is 2.25. The highest BCUT2D eigenvalue weighted by Gasteiger charge is 2.34. The highest BCUT2D eigenvalue weighted by atomic mass is 16.4. The monoisotopic (exact) mass is 237 g/mol. The Morgan fingerprint density at radius 1 is 1.12 bits per heavy atom. The van der Waals surface area contributed by atoms with Crippen molar-refractivity contribution in [2.45, 2.75) is 44.6 Å². The van der Waals surface area contributed by atoms with Crippen molar-refractivity contribution in [1.82, 2.24) is 4.90 Å². The lowest BCUT2D eigenvalue weighted by Gasteiger charge is -2.29. The SMILES string of the molecule is O=C(O)C1CCCCCN1C(=O)C1CC=CC1. The van der Waals surface area contributed by atoms with Gasteiger partial charge in [-0.3, -0.25) is 4.79 Å². The molecule has 0 aromatic rings. The topological polar surface area (TPSA) is 57.6 Å². The second-order valence-corrected chi connectivity index (χ2v) is 4.87. The molecule has 0 bridgehead atoms. The Hall–Kier alpha value is -1.32. The van der Waals surface area contributed by atoms with E-state index in [1.165, 1.54) is 0 Å². The van der Waals surface area contributed by atoms with Gasteiger partial charge in [0, 0.05) is 12.5 Å². The van der Waals surface area contributed by atoms with Crippen LogP contribution in [0.4, 0.5) is 0 Å². The van der Waals surface area contributed by atoms with Gasteiger partial charge in [-0.25, -0.2) is 4.79 Å². The number of hydrogen-bond acceptors (Lipinski definition) is 2. The molecule has 0 radical (unpaired) electrons. The normalized spacial score (nSPS) is 25.9. The van der Waals surface area contributed by atoms with Crippen molar-refractivity contribution < 1.29 is 14.7 Å². The van der Waals surface area contributed by atoms with E-state index in [4.69, 9.17) is 0 Å². The lowest BCUT2D eigenvalue weighted by molar-refractivity contribution is -0.151. The Morgan fingerprint density at radius 3 is 2.47 bits per heavy atom. The molecule has 1 fully saturated rings. The molecule has 0 aromatic carbocycles. The van der Waals surface area contributed by atoms with Crippen LogP contribution in [0.3, 0.4) is 0 Å². The third-order valence-electron chi connectivity index (χ3n) is 3.68. The highest BCUT2D eigenvalue weighted by molar-refractivity contribution is 5.85. The molecule has 1 aliphatic carbocycles. The maximum absolute atomic E-state index is 12.3. The van der Waals surface area contributed by atoms with Crippen molar-refractivity contribution in [1.29, 1.82) is 0 Å². The molecule has 1 aliphatic heterocycles. The molecule has 94 valence electrons. The number of carbonyl (C=O) groups excluding carboxylic acids is 1. The first kappa shape index (κ1) is 12.1. The smallest absolute Gasteiger partial charge is 0.326 e. The van der Waals surface area contributed by atoms with E-state index in [9.17, 15) is 14.7 Å². The molecule has 1 amide bonds. The number of aliphatic carboxylic acids is 1. The largest absolute Gasteiger partial charge is 0.480 e. The summed E-state index contributed by atoms with van der Waals surface area (Å²) in [5.41, 5.74) is 0. The molecule has 1 atom stereocenters. The Kier molecular flexibility index (Phi) is 3.82. The first-order valence-electron chi connectivity index (χ1n) is 6.38. The lowest BCUT2D eigenvalue weighted by atomic mass is 10.0. The van der Waals surface area contributed by atoms with E-state index in [-0.39, 0.29) is 11.8 Å². The van der Waals surface area contributed by atoms with Gasteiger partial charge in [0.2, 0.25) is 5.91 Å². The molecule has 4 heteroatoms. The van der Waals surface area contributed by atoms with Gasteiger partial charge in [-0.1, -0.05) is 25.0 Å². The zero-order valence-corrected chi connectivity index (χ0v) is 9.97. The lowest BCUT2D eigenvalue weighted by Crippen LogP contribution is -2.46. The number of amides is 1. The van der Waals surface area contributed by atoms with Gasteiger partial charge >= 0.3 is 5.97 Å². The maximum Gasteiger partial charge on any atom is 0.326 e. The van der Waals surface area contributed by atoms with E-state index in [0.717, 1.165) is 32.1 Å². The van der Waals surface area contributed by atoms with Crippen LogP contribution in [0.1, 0.15) is 38.5 Å². The van der Waals surface area contributed by atoms with Crippen molar-refractivity contribution in [3.63, 3.8) is 0 Å². The van der Waals surface area contributed by atoms with Crippen LogP contribution in [-0.4, -0.2) is 34.5 Å². The third kappa shape index (κ3) is 2.68. The number of hydrogen-bond donors (Lipinski definition) is 1. The predicted molar refractivity (Wildman–Crippen MR) is 63.5 cm³/mol. The number of nitrogens with zero attached hydrogens (tertiary/aromatic N) is 1. The fourth-order valence-corrected chi connectivity index (χ4v) is 2.68. The quantitative estimate of drug-likeness (QED) is 0.745. The molecule has 0 aromatic heterocycles. The van der Waals surface area contributed by atoms with Crippen LogP contribution >= 0.6 is 0 Å². The summed E-state index contributed by atoms with van der Waals surface area (Å²) < 4.78 is 0. The van der Waals surface area contributed by atoms with Crippen molar-refractivity contribution in [3.8, 4) is 0 Å². The van der Waals surface area contributed by atoms with E-state index in [2.05, 4.69) is 0 Å². The molecule has 1 saturated heterocycles. The molecule has 1 heterocycles. The summed E-state index contributed by atoms with van der Waals surface area (Å²) in [7, 11) is 0. The summed E-state index contributed by atoms with van der Waals surface area (Å²) in [5.74, 6) is -0.842. The van der Waals surface area contributed by atoms with Crippen LogP contribution in [0.25, 0.3) is 0 Å². The standard InChI is InChI=1S/C13H19NO3/c15-12(10-6-3-4-7-10)14-9-5-1-2-8-11(14)13(16)17/h3-4,10-11H,1-2,5-9H2,(H,16,17). The summed E-state index contributed by atoms with van der Waals surface area (Å²) in [4.78, 5) is 25.1. The molecule has 2 rings (SSSR count). The summed E-state index contributed by atoms with van der Waals surface area (Å²) in [5, 5.41) is 9.22. The molecule has 2 aliphatic rings. The van der Waals surface area contributed by atoms with Gasteiger partial charge in [-0.05, 0) is 25.7 Å². The summed E-state index contributed by atoms with van der Waals surface area (Å²) in [6, 6.07) is -0.606. The van der Waals surface area contributed by atoms with Crippen molar-refractivity contribution >= 4 is 11.9 Å². The molecular formula is C13H19NO3. The van der Waals surface area contributed by atoms with Crippen LogP contribution in [0.5, 0.6) is 0 Å². The first-order chi connectivity index (χ1) is 8.20. The zero-order chi connectivity index (χ0) is 12.3. The second-order valence-electron chi connectivity index (χ2n) is 4.87. The van der Waals surface area contributed by atoms with Gasteiger partial charge in [-0.2, -0.15) is 0 Å². The molecule has 1 N–H and O–H groups in total. The number of allylic oxidation sites excluding steroid dienone is 2. The minimum absolute atomic E-state index is 0.0186. The Balaban J connectivity index is 2.08. The number of rotatable bonds is 2. The van der Waals surface area contributed by atoms with Gasteiger partial charge in [0.15, 0.2) is 0 Å². The van der Waals surface area contributed by atoms with E-state index >= 15 is 0 Å². The molecule has 4 nitrogen and oxygen atoms in total. The molecule has 0 spiro atoms. The van der Waals surface area contributed by atoms with E-state index in [1.54, 1.807) is 4.90 Å². The molecular weight excluding hydrogens is 218 g/mol. The van der Waals surface area contributed by atoms with Crippen LogP contribution < -0.4 is 0 Å². The third-order valence-corrected chi connectivity index (χ3v) is 3.68. The van der Waals surface area contributed by atoms with Gasteiger partial charge in [0.05, 0.1) is 0 Å². The number of carbonyl (C=O) groups is 2. The van der Waals surface area contributed by atoms with Crippen LogP contribution in [0.2, 0.25) is 0 Å². The van der Waals surface area contributed by atoms with Crippen LogP contribution in [-0.2, 0) is 9.59 Å². The fourth-order valence-electron chi connectivity index (χ4n) is 2.68. The average Bonchev–Trinajstić information content (AvgIpc) is 2.71. The van der Waals surface area contributed by atoms with Crippen molar-refractivity contribution in [2.75, 3.05) is 6.54 Å². The van der Waals surface area contributed by atoms with Crippen molar-refractivity contribution in [2.24, 2.45) is 5.92 Å².